The van der Waals surface area contributed by atoms with E-state index in [-0.39, 0.29) is 16.6 Å². The molecule has 4 rings (SSSR count). The molecule has 1 aliphatic rings. The molecule has 9 heteroatoms. The number of hydrogen-bond donors (Lipinski definition) is 2. The van der Waals surface area contributed by atoms with Gasteiger partial charge in [0, 0.05) is 22.9 Å². The van der Waals surface area contributed by atoms with E-state index < -0.39 is 10.0 Å². The second-order valence-electron chi connectivity index (χ2n) is 7.63. The number of amidine groups is 1. The van der Waals surface area contributed by atoms with Crippen LogP contribution in [0.2, 0.25) is 0 Å². The predicted octanol–water partition coefficient (Wildman–Crippen LogP) is 4.69. The maximum atomic E-state index is 12.9. The van der Waals surface area contributed by atoms with Crippen LogP contribution in [-0.2, 0) is 10.0 Å². The lowest BCUT2D eigenvalue weighted by Crippen LogP contribution is -2.14. The van der Waals surface area contributed by atoms with Gasteiger partial charge in [-0.2, -0.15) is 8.42 Å². The van der Waals surface area contributed by atoms with Crippen molar-refractivity contribution in [2.45, 2.75) is 24.7 Å². The van der Waals surface area contributed by atoms with E-state index in [1.807, 2.05) is 0 Å². The summed E-state index contributed by atoms with van der Waals surface area (Å²) in [6.45, 7) is 2.63. The summed E-state index contributed by atoms with van der Waals surface area (Å²) < 4.78 is 39.4. The predicted molar refractivity (Wildman–Crippen MR) is 132 cm³/mol. The minimum absolute atomic E-state index is 0.170. The molecule has 2 N–H and O–H groups in total. The SMILES string of the molecule is CCCCOc1ccc(OC)cc1NC(=O)c1ccc(NC2=NS(=O)(=O)c3ccccc32)cc1. The third kappa shape index (κ3) is 5.04. The molecule has 0 fully saturated rings. The number of nitrogens with one attached hydrogen (secondary N) is 2. The van der Waals surface area contributed by atoms with E-state index in [2.05, 4.69) is 22.0 Å². The zero-order valence-corrected chi connectivity index (χ0v) is 19.7. The summed E-state index contributed by atoms with van der Waals surface area (Å²) in [5.74, 6) is 1.11. The minimum Gasteiger partial charge on any atom is -0.497 e. The van der Waals surface area contributed by atoms with Gasteiger partial charge >= 0.3 is 0 Å². The van der Waals surface area contributed by atoms with Gasteiger partial charge in [-0.3, -0.25) is 4.79 Å². The van der Waals surface area contributed by atoms with E-state index in [0.717, 1.165) is 12.8 Å². The van der Waals surface area contributed by atoms with Crippen LogP contribution in [0.5, 0.6) is 11.5 Å². The lowest BCUT2D eigenvalue weighted by Gasteiger charge is -2.14. The van der Waals surface area contributed by atoms with Crippen LogP contribution in [0.3, 0.4) is 0 Å². The molecule has 0 saturated carbocycles. The summed E-state index contributed by atoms with van der Waals surface area (Å²) in [7, 11) is -2.15. The van der Waals surface area contributed by atoms with Crippen molar-refractivity contribution in [3.8, 4) is 11.5 Å². The number of benzene rings is 3. The molecule has 176 valence electrons. The molecule has 0 aliphatic carbocycles. The molecule has 8 nitrogen and oxygen atoms in total. The number of carbonyl (C=O) groups is 1. The van der Waals surface area contributed by atoms with E-state index in [9.17, 15) is 13.2 Å². The van der Waals surface area contributed by atoms with Crippen LogP contribution in [0.1, 0.15) is 35.7 Å². The Bertz CT molecular complexity index is 1330. The van der Waals surface area contributed by atoms with E-state index in [4.69, 9.17) is 9.47 Å². The minimum atomic E-state index is -3.71. The Labute approximate surface area is 198 Å². The Morgan fingerprint density at radius 1 is 1.03 bits per heavy atom. The maximum absolute atomic E-state index is 12.9. The van der Waals surface area contributed by atoms with Crippen LogP contribution in [0.25, 0.3) is 0 Å². The first-order chi connectivity index (χ1) is 16.4. The van der Waals surface area contributed by atoms with Crippen LogP contribution in [0.4, 0.5) is 11.4 Å². The number of hydrogen-bond acceptors (Lipinski definition) is 6. The fraction of sp³-hybridized carbons (Fsp3) is 0.200. The van der Waals surface area contributed by atoms with Gasteiger partial charge in [0.15, 0.2) is 5.84 Å². The van der Waals surface area contributed by atoms with E-state index in [1.54, 1.807) is 67.8 Å². The molecule has 0 unspecified atom stereocenters. The molecular weight excluding hydrogens is 454 g/mol. The lowest BCUT2D eigenvalue weighted by molar-refractivity contribution is 0.102. The second-order valence-corrected chi connectivity index (χ2v) is 9.20. The molecule has 0 spiro atoms. The first-order valence-corrected chi connectivity index (χ1v) is 12.3. The molecule has 0 saturated heterocycles. The molecule has 34 heavy (non-hydrogen) atoms. The zero-order chi connectivity index (χ0) is 24.1. The Kier molecular flexibility index (Phi) is 6.83. The molecule has 0 bridgehead atoms. The number of anilines is 2. The van der Waals surface area contributed by atoms with Crippen molar-refractivity contribution in [3.05, 3.63) is 77.9 Å². The first kappa shape index (κ1) is 23.3. The summed E-state index contributed by atoms with van der Waals surface area (Å²) >= 11 is 0. The van der Waals surface area contributed by atoms with Gasteiger partial charge in [-0.05, 0) is 55.0 Å². The van der Waals surface area contributed by atoms with Gasteiger partial charge in [-0.15, -0.1) is 4.40 Å². The van der Waals surface area contributed by atoms with E-state index >= 15 is 0 Å². The molecule has 0 atom stereocenters. The lowest BCUT2D eigenvalue weighted by atomic mass is 10.1. The Balaban J connectivity index is 1.48. The summed E-state index contributed by atoms with van der Waals surface area (Å²) in [5, 5.41) is 5.90. The Morgan fingerprint density at radius 2 is 1.79 bits per heavy atom. The van der Waals surface area contributed by atoms with Gasteiger partial charge in [0.25, 0.3) is 15.9 Å². The largest absolute Gasteiger partial charge is 0.497 e. The highest BCUT2D eigenvalue weighted by Crippen LogP contribution is 2.30. The molecule has 1 aliphatic heterocycles. The Hall–Kier alpha value is -3.85. The van der Waals surface area contributed by atoms with Crippen molar-refractivity contribution >= 4 is 33.1 Å². The number of fused-ring (bicyclic) bond motifs is 1. The number of rotatable bonds is 8. The Morgan fingerprint density at radius 3 is 2.53 bits per heavy atom. The zero-order valence-electron chi connectivity index (χ0n) is 18.9. The highest BCUT2D eigenvalue weighted by molar-refractivity contribution is 7.90. The highest BCUT2D eigenvalue weighted by atomic mass is 32.2. The normalized spacial score (nSPS) is 13.5. The quantitative estimate of drug-likeness (QED) is 0.454. The number of methoxy groups -OCH3 is 1. The van der Waals surface area contributed by atoms with Gasteiger partial charge < -0.3 is 20.1 Å². The van der Waals surface area contributed by atoms with Crippen molar-refractivity contribution < 1.29 is 22.7 Å². The smallest absolute Gasteiger partial charge is 0.285 e. The van der Waals surface area contributed by atoms with Gasteiger partial charge in [0.05, 0.1) is 19.4 Å². The van der Waals surface area contributed by atoms with Crippen molar-refractivity contribution in [3.63, 3.8) is 0 Å². The average Bonchev–Trinajstić information content (AvgIpc) is 3.10. The van der Waals surface area contributed by atoms with Gasteiger partial charge in [0.1, 0.15) is 16.4 Å². The molecular formula is C25H25N3O5S. The van der Waals surface area contributed by atoms with Crippen LogP contribution in [-0.4, -0.2) is 33.9 Å². The molecule has 3 aromatic rings. The third-order valence-corrected chi connectivity index (χ3v) is 6.57. The fourth-order valence-electron chi connectivity index (χ4n) is 3.42. The molecule has 0 aromatic heterocycles. The standard InChI is InChI=1S/C25H25N3O5S/c1-3-4-15-33-22-14-13-19(32-2)16-21(22)27-25(29)17-9-11-18(12-10-17)26-24-20-7-5-6-8-23(20)34(30,31)28-24/h5-14,16H,3-4,15H2,1-2H3,(H,26,28)(H,27,29). The first-order valence-electron chi connectivity index (χ1n) is 10.8. The van der Waals surface area contributed by atoms with Gasteiger partial charge in [-0.25, -0.2) is 0 Å². The molecule has 1 heterocycles. The maximum Gasteiger partial charge on any atom is 0.285 e. The van der Waals surface area contributed by atoms with Crippen LogP contribution in [0, 0.1) is 0 Å². The van der Waals surface area contributed by atoms with Gasteiger partial charge in [0.2, 0.25) is 0 Å². The van der Waals surface area contributed by atoms with Crippen molar-refractivity contribution in [2.75, 3.05) is 24.4 Å². The summed E-state index contributed by atoms with van der Waals surface area (Å²) in [6, 6.07) is 18.6. The molecule has 1 amide bonds. The van der Waals surface area contributed by atoms with E-state index in [1.165, 1.54) is 6.07 Å². The highest BCUT2D eigenvalue weighted by Gasteiger charge is 2.28. The number of ether oxygens (including phenoxy) is 2. The van der Waals surface area contributed by atoms with Crippen molar-refractivity contribution in [1.29, 1.82) is 0 Å². The number of carbonyl (C=O) groups excluding carboxylic acids is 1. The fourth-order valence-corrected chi connectivity index (χ4v) is 4.59. The van der Waals surface area contributed by atoms with Crippen LogP contribution in [0.15, 0.2) is 76.0 Å². The summed E-state index contributed by atoms with van der Waals surface area (Å²) in [4.78, 5) is 13.0. The summed E-state index contributed by atoms with van der Waals surface area (Å²) in [6.07, 6.45) is 1.91. The average molecular weight is 480 g/mol. The number of sulfonamides is 1. The number of amides is 1. The van der Waals surface area contributed by atoms with Crippen molar-refractivity contribution in [1.82, 2.24) is 0 Å². The summed E-state index contributed by atoms with van der Waals surface area (Å²) in [5.41, 5.74) is 2.06. The van der Waals surface area contributed by atoms with Crippen LogP contribution >= 0.6 is 0 Å². The van der Waals surface area contributed by atoms with Gasteiger partial charge in [-0.1, -0.05) is 25.5 Å². The molecule has 0 radical (unpaired) electrons. The number of nitrogens with zero attached hydrogens (tertiary/aromatic N) is 1. The van der Waals surface area contributed by atoms with Crippen LogP contribution < -0.4 is 20.1 Å². The molecule has 3 aromatic carbocycles. The second kappa shape index (κ2) is 9.96. The third-order valence-electron chi connectivity index (χ3n) is 5.23. The number of unbranched alkanes of at least 4 members (excludes halogenated alkanes) is 1. The monoisotopic (exact) mass is 479 g/mol. The van der Waals surface area contributed by atoms with Crippen molar-refractivity contribution in [2.24, 2.45) is 4.40 Å². The topological polar surface area (TPSA) is 106 Å². The van der Waals surface area contributed by atoms with E-state index in [0.29, 0.717) is 40.6 Å².